The molecule has 0 aromatic heterocycles. The summed E-state index contributed by atoms with van der Waals surface area (Å²) in [6.45, 7) is 4.22. The van der Waals surface area contributed by atoms with Crippen molar-refractivity contribution in [1.29, 1.82) is 0 Å². The second-order valence-electron chi connectivity index (χ2n) is 7.48. The van der Waals surface area contributed by atoms with E-state index in [2.05, 4.69) is 25.2 Å². The Hall–Kier alpha value is -0.640. The van der Waals surface area contributed by atoms with Crippen molar-refractivity contribution >= 4 is 0 Å². The van der Waals surface area contributed by atoms with Crippen LogP contribution < -0.4 is 0 Å². The fourth-order valence-corrected chi connectivity index (χ4v) is 4.06. The summed E-state index contributed by atoms with van der Waals surface area (Å²) in [5, 5.41) is 29.9. The van der Waals surface area contributed by atoms with Crippen LogP contribution in [-0.2, 0) is 0 Å². The molecular formula is C19H32O3. The molecule has 3 heteroatoms. The Morgan fingerprint density at radius 1 is 1.36 bits per heavy atom. The predicted molar refractivity (Wildman–Crippen MR) is 89.4 cm³/mol. The van der Waals surface area contributed by atoms with Crippen LogP contribution in [0.3, 0.4) is 0 Å². The van der Waals surface area contributed by atoms with Gasteiger partial charge in [-0.25, -0.2) is 0 Å². The molecule has 1 saturated carbocycles. The normalized spacial score (nSPS) is 34.0. The van der Waals surface area contributed by atoms with Gasteiger partial charge in [0.05, 0.1) is 18.3 Å². The van der Waals surface area contributed by atoms with Gasteiger partial charge in [-0.2, -0.15) is 0 Å². The molecule has 0 saturated heterocycles. The third-order valence-corrected chi connectivity index (χ3v) is 5.39. The molecule has 2 rings (SSSR count). The zero-order valence-electron chi connectivity index (χ0n) is 14.0. The van der Waals surface area contributed by atoms with E-state index in [4.69, 9.17) is 0 Å². The lowest BCUT2D eigenvalue weighted by Gasteiger charge is -2.22. The van der Waals surface area contributed by atoms with Crippen molar-refractivity contribution in [1.82, 2.24) is 0 Å². The average Bonchev–Trinajstić information content (AvgIpc) is 2.97. The van der Waals surface area contributed by atoms with Crippen LogP contribution in [0.5, 0.6) is 0 Å². The highest BCUT2D eigenvalue weighted by atomic mass is 16.3. The molecule has 2 aliphatic rings. The highest BCUT2D eigenvalue weighted by Crippen LogP contribution is 2.47. The van der Waals surface area contributed by atoms with Gasteiger partial charge in [-0.1, -0.05) is 44.4 Å². The number of aliphatic hydroxyl groups is 3. The molecular weight excluding hydrogens is 276 g/mol. The summed E-state index contributed by atoms with van der Waals surface area (Å²) in [6.07, 6.45) is 12.6. The van der Waals surface area contributed by atoms with Gasteiger partial charge in [-0.05, 0) is 50.0 Å². The lowest BCUT2D eigenvalue weighted by Crippen LogP contribution is -2.23. The number of aliphatic hydroxyl groups excluding tert-OH is 2. The molecule has 0 radical (unpaired) electrons. The van der Waals surface area contributed by atoms with Crippen LogP contribution >= 0.6 is 0 Å². The maximum atomic E-state index is 10.4. The van der Waals surface area contributed by atoms with Crippen molar-refractivity contribution in [2.45, 2.75) is 70.5 Å². The van der Waals surface area contributed by atoms with Crippen molar-refractivity contribution in [3.63, 3.8) is 0 Å². The first kappa shape index (κ1) is 17.7. The predicted octanol–water partition coefficient (Wildman–Crippen LogP) is 3.20. The lowest BCUT2D eigenvalue weighted by molar-refractivity contribution is 0.0509. The second-order valence-corrected chi connectivity index (χ2v) is 7.48. The zero-order chi connectivity index (χ0) is 16.2. The van der Waals surface area contributed by atoms with Crippen molar-refractivity contribution in [2.24, 2.45) is 17.8 Å². The fraction of sp³-hybridized carbons (Fsp3) is 0.789. The van der Waals surface area contributed by atoms with Gasteiger partial charge in [0.1, 0.15) is 0 Å². The van der Waals surface area contributed by atoms with E-state index in [1.54, 1.807) is 0 Å². The van der Waals surface area contributed by atoms with Crippen LogP contribution in [0.2, 0.25) is 0 Å². The van der Waals surface area contributed by atoms with Crippen LogP contribution in [0.1, 0.15) is 58.8 Å². The van der Waals surface area contributed by atoms with Gasteiger partial charge in [0.2, 0.25) is 0 Å². The molecule has 1 unspecified atom stereocenters. The Bertz CT molecular complexity index is 411. The molecule has 126 valence electrons. The summed E-state index contributed by atoms with van der Waals surface area (Å²) >= 11 is 0. The van der Waals surface area contributed by atoms with Gasteiger partial charge < -0.3 is 15.3 Å². The molecule has 0 heterocycles. The molecule has 0 aliphatic heterocycles. The molecule has 22 heavy (non-hydrogen) atoms. The summed E-state index contributed by atoms with van der Waals surface area (Å²) in [4.78, 5) is 0. The number of unbranched alkanes of at least 4 members (excludes halogenated alkanes) is 2. The van der Waals surface area contributed by atoms with Gasteiger partial charge in [-0.3, -0.25) is 0 Å². The highest BCUT2D eigenvalue weighted by Gasteiger charge is 2.43. The molecule has 0 aromatic rings. The maximum Gasteiger partial charge on any atom is 0.0654 e. The van der Waals surface area contributed by atoms with Gasteiger partial charge in [0.15, 0.2) is 0 Å². The van der Waals surface area contributed by atoms with Crippen molar-refractivity contribution in [3.8, 4) is 0 Å². The Morgan fingerprint density at radius 3 is 2.82 bits per heavy atom. The summed E-state index contributed by atoms with van der Waals surface area (Å²) < 4.78 is 0. The summed E-state index contributed by atoms with van der Waals surface area (Å²) in [6, 6.07) is 0. The molecule has 3 N–H and O–H groups in total. The Morgan fingerprint density at radius 2 is 2.14 bits per heavy atom. The zero-order valence-corrected chi connectivity index (χ0v) is 14.0. The minimum atomic E-state index is -0.640. The van der Waals surface area contributed by atoms with E-state index in [0.717, 1.165) is 31.3 Å². The Balaban J connectivity index is 1.85. The van der Waals surface area contributed by atoms with Gasteiger partial charge >= 0.3 is 0 Å². The molecule has 2 aliphatic carbocycles. The first-order valence-electron chi connectivity index (χ1n) is 8.84. The van der Waals surface area contributed by atoms with Crippen LogP contribution in [0.25, 0.3) is 0 Å². The standard InChI is InChI=1S/C19H32O3/c1-3-4-5-8-19(2,22)9-6-7-16-17-11-14(13-20)10-15(17)12-18(16)21/h6-7,10,15-18,20-22H,3-5,8-9,11-13H2,1-2H3/b7-6+/t15-,16+,17-,18+,19?/m0/s1. The molecule has 0 amide bonds. The van der Waals surface area contributed by atoms with Crippen LogP contribution in [0, 0.1) is 17.8 Å². The fourth-order valence-electron chi connectivity index (χ4n) is 4.06. The molecule has 3 nitrogen and oxygen atoms in total. The van der Waals surface area contributed by atoms with E-state index in [1.807, 2.05) is 6.92 Å². The van der Waals surface area contributed by atoms with Crippen LogP contribution in [-0.4, -0.2) is 33.6 Å². The Kier molecular flexibility index (Phi) is 6.25. The van der Waals surface area contributed by atoms with E-state index < -0.39 is 5.60 Å². The van der Waals surface area contributed by atoms with Gasteiger partial charge in [0.25, 0.3) is 0 Å². The average molecular weight is 308 g/mol. The first-order chi connectivity index (χ1) is 10.5. The molecule has 0 bridgehead atoms. The quantitative estimate of drug-likeness (QED) is 0.477. The van der Waals surface area contributed by atoms with E-state index in [1.165, 1.54) is 12.8 Å². The van der Waals surface area contributed by atoms with E-state index in [0.29, 0.717) is 18.3 Å². The number of rotatable bonds is 8. The number of fused-ring (bicyclic) bond motifs is 1. The largest absolute Gasteiger partial charge is 0.392 e. The highest BCUT2D eigenvalue weighted by molar-refractivity contribution is 5.20. The monoisotopic (exact) mass is 308 g/mol. The molecule has 5 atom stereocenters. The molecule has 1 fully saturated rings. The summed E-state index contributed by atoms with van der Waals surface area (Å²) in [7, 11) is 0. The number of hydrogen-bond donors (Lipinski definition) is 3. The smallest absolute Gasteiger partial charge is 0.0654 e. The van der Waals surface area contributed by atoms with E-state index in [-0.39, 0.29) is 18.6 Å². The SMILES string of the molecule is CCCCCC(C)(O)C/C=C/[C@@H]1[C@H]2CC(CO)=C[C@H]2C[C@H]1O. The van der Waals surface area contributed by atoms with Crippen molar-refractivity contribution < 1.29 is 15.3 Å². The number of allylic oxidation sites excluding steroid dienone is 1. The summed E-state index contributed by atoms with van der Waals surface area (Å²) in [5.74, 6) is 1.01. The summed E-state index contributed by atoms with van der Waals surface area (Å²) in [5.41, 5.74) is 0.477. The van der Waals surface area contributed by atoms with Crippen LogP contribution in [0.15, 0.2) is 23.8 Å². The van der Waals surface area contributed by atoms with Gasteiger partial charge in [0, 0.05) is 5.92 Å². The minimum absolute atomic E-state index is 0.145. The number of hydrogen-bond acceptors (Lipinski definition) is 3. The topological polar surface area (TPSA) is 60.7 Å². The van der Waals surface area contributed by atoms with Crippen molar-refractivity contribution in [3.05, 3.63) is 23.8 Å². The molecule has 0 spiro atoms. The lowest BCUT2D eigenvalue weighted by atomic mass is 9.88. The third kappa shape index (κ3) is 4.43. The second kappa shape index (κ2) is 7.76. The molecule has 0 aromatic carbocycles. The maximum absolute atomic E-state index is 10.4. The van der Waals surface area contributed by atoms with E-state index in [9.17, 15) is 15.3 Å². The van der Waals surface area contributed by atoms with Crippen molar-refractivity contribution in [2.75, 3.05) is 6.61 Å². The van der Waals surface area contributed by atoms with Crippen LogP contribution in [0.4, 0.5) is 0 Å². The Labute approximate surface area is 134 Å². The van der Waals surface area contributed by atoms with Gasteiger partial charge in [-0.15, -0.1) is 0 Å². The first-order valence-corrected chi connectivity index (χ1v) is 8.84. The van der Waals surface area contributed by atoms with E-state index >= 15 is 0 Å². The third-order valence-electron chi connectivity index (χ3n) is 5.39. The minimum Gasteiger partial charge on any atom is -0.392 e.